The number of aliphatic imine (C=N–C) groups is 1. The molecule has 0 unspecified atom stereocenters. The van der Waals surface area contributed by atoms with Crippen LogP contribution in [0.2, 0.25) is 0 Å². The van der Waals surface area contributed by atoms with E-state index in [0.717, 1.165) is 11.4 Å². The van der Waals surface area contributed by atoms with Crippen LogP contribution in [0.1, 0.15) is 28.5 Å². The highest BCUT2D eigenvalue weighted by atomic mass is 16.6. The summed E-state index contributed by atoms with van der Waals surface area (Å²) in [6.07, 6.45) is 4.64. The smallest absolute Gasteiger partial charge is 0.343 e. The third-order valence-corrected chi connectivity index (χ3v) is 5.25. The fourth-order valence-corrected chi connectivity index (χ4v) is 3.45. The molecule has 2 heterocycles. The maximum atomic E-state index is 13.1. The second-order valence-electron chi connectivity index (χ2n) is 7.43. The van der Waals surface area contributed by atoms with Crippen molar-refractivity contribution < 1.29 is 14.3 Å². The Hall–Kier alpha value is -4.46. The van der Waals surface area contributed by atoms with Crippen LogP contribution in [0.15, 0.2) is 82.8 Å². The van der Waals surface area contributed by atoms with Crippen LogP contribution in [0.5, 0.6) is 11.5 Å². The van der Waals surface area contributed by atoms with Crippen LogP contribution in [0, 0.1) is 6.92 Å². The average molecular weight is 457 g/mol. The van der Waals surface area contributed by atoms with E-state index in [2.05, 4.69) is 9.98 Å². The number of pyridine rings is 1. The zero-order valence-electron chi connectivity index (χ0n) is 19.1. The molecule has 172 valence electrons. The zero-order valence-corrected chi connectivity index (χ0v) is 19.1. The molecule has 0 saturated carbocycles. The molecule has 34 heavy (non-hydrogen) atoms. The molecule has 0 N–H and O–H groups in total. The number of hydrogen-bond acceptors (Lipinski definition) is 6. The standard InChI is InChI=1S/C26H24N4O4/c1-4-33-23-16-19(10-11-22(23)34-26(32)20-12-14-27-15-13-20)17-28-24-18(2)29(3)30(25(24)31)21-8-6-5-7-9-21/h5-17H,4H2,1-3H3. The Kier molecular flexibility index (Phi) is 6.68. The Bertz CT molecular complexity index is 1390. The minimum atomic E-state index is -0.508. The molecule has 0 aliphatic rings. The number of carbonyl (C=O) groups excluding carboxylic acids is 1. The minimum absolute atomic E-state index is 0.213. The van der Waals surface area contributed by atoms with E-state index in [9.17, 15) is 9.59 Å². The summed E-state index contributed by atoms with van der Waals surface area (Å²) in [5.41, 5.74) is 2.71. The largest absolute Gasteiger partial charge is 0.490 e. The van der Waals surface area contributed by atoms with E-state index in [1.54, 1.807) is 45.9 Å². The van der Waals surface area contributed by atoms with Gasteiger partial charge in [-0.05, 0) is 61.9 Å². The van der Waals surface area contributed by atoms with Gasteiger partial charge in [-0.3, -0.25) is 14.5 Å². The Morgan fingerprint density at radius 3 is 2.50 bits per heavy atom. The zero-order chi connectivity index (χ0) is 24.1. The van der Waals surface area contributed by atoms with Gasteiger partial charge in [0, 0.05) is 25.7 Å². The van der Waals surface area contributed by atoms with Crippen molar-refractivity contribution in [2.24, 2.45) is 12.0 Å². The molecular weight excluding hydrogens is 432 g/mol. The van der Waals surface area contributed by atoms with Crippen LogP contribution >= 0.6 is 0 Å². The lowest BCUT2D eigenvalue weighted by Crippen LogP contribution is -2.19. The van der Waals surface area contributed by atoms with Gasteiger partial charge in [0.1, 0.15) is 0 Å². The Morgan fingerprint density at radius 2 is 1.79 bits per heavy atom. The summed E-state index contributed by atoms with van der Waals surface area (Å²) in [7, 11) is 1.82. The molecule has 0 fully saturated rings. The number of carbonyl (C=O) groups is 1. The molecule has 0 bridgehead atoms. The van der Waals surface area contributed by atoms with Gasteiger partial charge in [0.15, 0.2) is 17.2 Å². The summed E-state index contributed by atoms with van der Waals surface area (Å²) in [5.74, 6) is 0.189. The molecule has 0 spiro atoms. The molecular formula is C26H24N4O4. The molecule has 0 amide bonds. The van der Waals surface area contributed by atoms with Crippen LogP contribution in [0.4, 0.5) is 5.69 Å². The predicted molar refractivity (Wildman–Crippen MR) is 130 cm³/mol. The van der Waals surface area contributed by atoms with Gasteiger partial charge in [-0.1, -0.05) is 18.2 Å². The highest BCUT2D eigenvalue weighted by Crippen LogP contribution is 2.29. The second kappa shape index (κ2) is 9.99. The monoisotopic (exact) mass is 456 g/mol. The molecule has 0 atom stereocenters. The molecule has 8 heteroatoms. The Labute approximate surface area is 196 Å². The Morgan fingerprint density at radius 1 is 1.06 bits per heavy atom. The average Bonchev–Trinajstić information content (AvgIpc) is 3.07. The topological polar surface area (TPSA) is 87.7 Å². The third-order valence-electron chi connectivity index (χ3n) is 5.25. The van der Waals surface area contributed by atoms with E-state index in [-0.39, 0.29) is 5.56 Å². The third kappa shape index (κ3) is 4.66. The lowest BCUT2D eigenvalue weighted by Gasteiger charge is -2.11. The predicted octanol–water partition coefficient (Wildman–Crippen LogP) is 4.25. The van der Waals surface area contributed by atoms with Crippen molar-refractivity contribution in [3.63, 3.8) is 0 Å². The van der Waals surface area contributed by atoms with Gasteiger partial charge in [0.05, 0.1) is 23.6 Å². The number of aromatic nitrogens is 3. The fraction of sp³-hybridized carbons (Fsp3) is 0.154. The summed E-state index contributed by atoms with van der Waals surface area (Å²) < 4.78 is 14.5. The van der Waals surface area contributed by atoms with Gasteiger partial charge in [-0.15, -0.1) is 0 Å². The first-order chi connectivity index (χ1) is 16.5. The highest BCUT2D eigenvalue weighted by molar-refractivity contribution is 5.91. The molecule has 4 aromatic rings. The number of ether oxygens (including phenoxy) is 2. The van der Waals surface area contributed by atoms with Crippen molar-refractivity contribution in [3.05, 3.63) is 100 Å². The van der Waals surface area contributed by atoms with Gasteiger partial charge in [0.2, 0.25) is 0 Å². The van der Waals surface area contributed by atoms with Crippen molar-refractivity contribution in [1.29, 1.82) is 0 Å². The molecule has 2 aromatic heterocycles. The molecule has 0 aliphatic heterocycles. The first-order valence-corrected chi connectivity index (χ1v) is 10.8. The molecule has 8 nitrogen and oxygen atoms in total. The summed E-state index contributed by atoms with van der Waals surface area (Å²) in [6.45, 7) is 4.08. The van der Waals surface area contributed by atoms with E-state index in [4.69, 9.17) is 9.47 Å². The van der Waals surface area contributed by atoms with Crippen molar-refractivity contribution in [1.82, 2.24) is 14.3 Å². The maximum Gasteiger partial charge on any atom is 0.343 e. The molecule has 0 saturated heterocycles. The number of esters is 1. The van der Waals surface area contributed by atoms with E-state index in [1.165, 1.54) is 12.4 Å². The number of para-hydroxylation sites is 1. The van der Waals surface area contributed by atoms with Crippen molar-refractivity contribution >= 4 is 17.9 Å². The minimum Gasteiger partial charge on any atom is -0.490 e. The first kappa shape index (κ1) is 22.7. The van der Waals surface area contributed by atoms with E-state index >= 15 is 0 Å². The lowest BCUT2D eigenvalue weighted by molar-refractivity contribution is 0.0728. The highest BCUT2D eigenvalue weighted by Gasteiger charge is 2.16. The summed E-state index contributed by atoms with van der Waals surface area (Å²) in [5, 5.41) is 0. The van der Waals surface area contributed by atoms with Crippen molar-refractivity contribution in [2.45, 2.75) is 13.8 Å². The number of rotatable bonds is 7. The molecule has 4 rings (SSSR count). The summed E-state index contributed by atoms with van der Waals surface area (Å²) in [6, 6.07) is 17.7. The van der Waals surface area contributed by atoms with Gasteiger partial charge in [-0.2, -0.15) is 0 Å². The molecule has 0 aliphatic carbocycles. The van der Waals surface area contributed by atoms with Gasteiger partial charge in [-0.25, -0.2) is 14.5 Å². The van der Waals surface area contributed by atoms with E-state index in [1.807, 2.05) is 51.2 Å². The van der Waals surface area contributed by atoms with E-state index in [0.29, 0.717) is 34.9 Å². The lowest BCUT2D eigenvalue weighted by atomic mass is 10.2. The normalized spacial score (nSPS) is 11.0. The summed E-state index contributed by atoms with van der Waals surface area (Å²) in [4.78, 5) is 33.9. The van der Waals surface area contributed by atoms with Gasteiger partial charge < -0.3 is 9.47 Å². The molecule has 0 radical (unpaired) electrons. The molecule has 2 aromatic carbocycles. The quantitative estimate of drug-likeness (QED) is 0.236. The second-order valence-corrected chi connectivity index (χ2v) is 7.43. The summed E-state index contributed by atoms with van der Waals surface area (Å²) >= 11 is 0. The first-order valence-electron chi connectivity index (χ1n) is 10.8. The van der Waals surface area contributed by atoms with Crippen LogP contribution in [-0.4, -0.2) is 33.1 Å². The Balaban J connectivity index is 1.62. The van der Waals surface area contributed by atoms with Crippen molar-refractivity contribution in [3.8, 4) is 17.2 Å². The van der Waals surface area contributed by atoms with Crippen molar-refractivity contribution in [2.75, 3.05) is 6.61 Å². The van der Waals surface area contributed by atoms with Crippen LogP contribution in [0.3, 0.4) is 0 Å². The van der Waals surface area contributed by atoms with Gasteiger partial charge in [0.25, 0.3) is 5.56 Å². The van der Waals surface area contributed by atoms with Crippen LogP contribution < -0.4 is 15.0 Å². The fourth-order valence-electron chi connectivity index (χ4n) is 3.45. The van der Waals surface area contributed by atoms with E-state index < -0.39 is 5.97 Å². The van der Waals surface area contributed by atoms with Crippen LogP contribution in [-0.2, 0) is 7.05 Å². The van der Waals surface area contributed by atoms with Gasteiger partial charge >= 0.3 is 5.97 Å². The van der Waals surface area contributed by atoms with Crippen LogP contribution in [0.25, 0.3) is 5.69 Å². The SMILES string of the molecule is CCOc1cc(C=Nc2c(C)n(C)n(-c3ccccc3)c2=O)ccc1OC(=O)c1ccncc1. The number of hydrogen-bond donors (Lipinski definition) is 0. The number of nitrogens with zero attached hydrogens (tertiary/aromatic N) is 4. The number of benzene rings is 2. The maximum absolute atomic E-state index is 13.1.